The fourth-order valence-electron chi connectivity index (χ4n) is 1.58. The number of nitrogens with two attached hydrogens (primary N) is 1. The molecular weight excluding hydrogens is 176 g/mol. The number of benzene rings is 1. The van der Waals surface area contributed by atoms with Gasteiger partial charge in [0.1, 0.15) is 6.04 Å². The van der Waals surface area contributed by atoms with Gasteiger partial charge in [-0.2, -0.15) is 0 Å². The normalized spacial score (nSPS) is 12.9. The van der Waals surface area contributed by atoms with Crippen LogP contribution in [0.25, 0.3) is 0 Å². The molecule has 0 fully saturated rings. The molecule has 1 aromatic rings. The highest BCUT2D eigenvalue weighted by Crippen LogP contribution is 2.20. The number of nitrogens with zero attached hydrogens (tertiary/aromatic N) is 1. The fraction of sp³-hybridized carbons (Fsp3) is 0.364. The number of amides is 1. The van der Waals surface area contributed by atoms with Gasteiger partial charge in [0.15, 0.2) is 0 Å². The first kappa shape index (κ1) is 10.7. The molecule has 3 heteroatoms. The summed E-state index contributed by atoms with van der Waals surface area (Å²) in [7, 11) is 3.70. The van der Waals surface area contributed by atoms with Crippen molar-refractivity contribution in [1.29, 1.82) is 0 Å². The third-order valence-electron chi connectivity index (χ3n) is 2.27. The van der Waals surface area contributed by atoms with Gasteiger partial charge in [0, 0.05) is 0 Å². The summed E-state index contributed by atoms with van der Waals surface area (Å²) in [6.07, 6.45) is 0. The van der Waals surface area contributed by atoms with E-state index in [0.717, 1.165) is 11.1 Å². The predicted molar refractivity (Wildman–Crippen MR) is 56.8 cm³/mol. The van der Waals surface area contributed by atoms with Gasteiger partial charge in [0.05, 0.1) is 0 Å². The van der Waals surface area contributed by atoms with Crippen LogP contribution in [0.3, 0.4) is 0 Å². The summed E-state index contributed by atoms with van der Waals surface area (Å²) in [6.45, 7) is 1.98. The molecule has 0 aliphatic heterocycles. The smallest absolute Gasteiger partial charge is 0.239 e. The Morgan fingerprint density at radius 1 is 1.36 bits per heavy atom. The van der Waals surface area contributed by atoms with Gasteiger partial charge in [0.25, 0.3) is 0 Å². The Kier molecular flexibility index (Phi) is 3.25. The standard InChI is InChI=1S/C11H16N2O/c1-8-6-4-5-7-9(8)10(11(12)14)13(2)3/h4-7,10H,1-3H3,(H2,12,14). The van der Waals surface area contributed by atoms with Crippen molar-refractivity contribution >= 4 is 5.91 Å². The lowest BCUT2D eigenvalue weighted by Crippen LogP contribution is -2.33. The number of hydrogen-bond acceptors (Lipinski definition) is 2. The van der Waals surface area contributed by atoms with E-state index < -0.39 is 0 Å². The number of likely N-dealkylation sites (N-methyl/N-ethyl adjacent to an activating group) is 1. The fourth-order valence-corrected chi connectivity index (χ4v) is 1.58. The maximum Gasteiger partial charge on any atom is 0.239 e. The summed E-state index contributed by atoms with van der Waals surface area (Å²) in [5.74, 6) is -0.315. The molecule has 1 unspecified atom stereocenters. The average Bonchev–Trinajstić information content (AvgIpc) is 2.07. The third kappa shape index (κ3) is 2.12. The molecule has 1 amide bonds. The molecule has 76 valence electrons. The highest BCUT2D eigenvalue weighted by Gasteiger charge is 2.21. The minimum Gasteiger partial charge on any atom is -0.368 e. The van der Waals surface area contributed by atoms with Crippen molar-refractivity contribution in [3.63, 3.8) is 0 Å². The molecule has 1 atom stereocenters. The van der Waals surface area contributed by atoms with Gasteiger partial charge in [0.2, 0.25) is 5.91 Å². The first-order valence-electron chi connectivity index (χ1n) is 4.55. The van der Waals surface area contributed by atoms with Crippen LogP contribution in [-0.4, -0.2) is 24.9 Å². The van der Waals surface area contributed by atoms with Gasteiger partial charge in [-0.3, -0.25) is 9.69 Å². The summed E-state index contributed by atoms with van der Waals surface area (Å²) in [6, 6.07) is 7.45. The van der Waals surface area contributed by atoms with E-state index in [-0.39, 0.29) is 11.9 Å². The molecule has 0 saturated heterocycles. The lowest BCUT2D eigenvalue weighted by atomic mass is 10.0. The number of carbonyl (C=O) groups is 1. The molecule has 14 heavy (non-hydrogen) atoms. The Hall–Kier alpha value is -1.35. The maximum atomic E-state index is 11.3. The topological polar surface area (TPSA) is 46.3 Å². The molecule has 0 heterocycles. The van der Waals surface area contributed by atoms with Crippen LogP contribution in [-0.2, 0) is 4.79 Å². The molecule has 0 bridgehead atoms. The van der Waals surface area contributed by atoms with E-state index in [1.165, 1.54) is 0 Å². The quantitative estimate of drug-likeness (QED) is 0.779. The van der Waals surface area contributed by atoms with Crippen LogP contribution in [0.5, 0.6) is 0 Å². The van der Waals surface area contributed by atoms with Crippen LogP contribution in [0.4, 0.5) is 0 Å². The maximum absolute atomic E-state index is 11.3. The Morgan fingerprint density at radius 2 is 1.93 bits per heavy atom. The summed E-state index contributed by atoms with van der Waals surface area (Å²) >= 11 is 0. The molecule has 3 nitrogen and oxygen atoms in total. The molecule has 0 aliphatic carbocycles. The van der Waals surface area contributed by atoms with Crippen molar-refractivity contribution in [2.24, 2.45) is 5.73 Å². The molecule has 0 aromatic heterocycles. The van der Waals surface area contributed by atoms with Crippen molar-refractivity contribution in [2.45, 2.75) is 13.0 Å². The van der Waals surface area contributed by atoms with E-state index in [9.17, 15) is 4.79 Å². The molecule has 2 N–H and O–H groups in total. The lowest BCUT2D eigenvalue weighted by molar-refractivity contribution is -0.122. The van der Waals surface area contributed by atoms with Gasteiger partial charge < -0.3 is 5.73 Å². The lowest BCUT2D eigenvalue weighted by Gasteiger charge is -2.22. The molecule has 0 aliphatic rings. The SMILES string of the molecule is Cc1ccccc1C(C(N)=O)N(C)C. The van der Waals surface area contributed by atoms with Gasteiger partial charge in [-0.05, 0) is 32.1 Å². The Bertz CT molecular complexity index is 334. The van der Waals surface area contributed by atoms with Crippen molar-refractivity contribution in [2.75, 3.05) is 14.1 Å². The van der Waals surface area contributed by atoms with Crippen molar-refractivity contribution in [3.8, 4) is 0 Å². The van der Waals surface area contributed by atoms with Crippen LogP contribution >= 0.6 is 0 Å². The second kappa shape index (κ2) is 4.24. The van der Waals surface area contributed by atoms with Gasteiger partial charge in [-0.15, -0.1) is 0 Å². The Morgan fingerprint density at radius 3 is 2.36 bits per heavy atom. The largest absolute Gasteiger partial charge is 0.368 e. The molecule has 1 aromatic carbocycles. The van der Waals surface area contributed by atoms with Crippen LogP contribution in [0, 0.1) is 6.92 Å². The predicted octanol–water partition coefficient (Wildman–Crippen LogP) is 1.08. The summed E-state index contributed by atoms with van der Waals surface area (Å²) in [4.78, 5) is 13.1. The molecule has 0 radical (unpaired) electrons. The summed E-state index contributed by atoms with van der Waals surface area (Å²) in [5.41, 5.74) is 7.42. The summed E-state index contributed by atoms with van der Waals surface area (Å²) in [5, 5.41) is 0. The van der Waals surface area contributed by atoms with Crippen molar-refractivity contribution in [3.05, 3.63) is 35.4 Å². The number of hydrogen-bond donors (Lipinski definition) is 1. The van der Waals surface area contributed by atoms with E-state index in [0.29, 0.717) is 0 Å². The van der Waals surface area contributed by atoms with Crippen LogP contribution in [0.2, 0.25) is 0 Å². The summed E-state index contributed by atoms with van der Waals surface area (Å²) < 4.78 is 0. The van der Waals surface area contributed by atoms with E-state index in [1.807, 2.05) is 50.2 Å². The van der Waals surface area contributed by atoms with Crippen LogP contribution in [0.1, 0.15) is 17.2 Å². The second-order valence-electron chi connectivity index (χ2n) is 3.63. The van der Waals surface area contributed by atoms with E-state index >= 15 is 0 Å². The van der Waals surface area contributed by atoms with Crippen molar-refractivity contribution < 1.29 is 4.79 Å². The monoisotopic (exact) mass is 192 g/mol. The second-order valence-corrected chi connectivity index (χ2v) is 3.63. The highest BCUT2D eigenvalue weighted by molar-refractivity contribution is 5.81. The number of rotatable bonds is 3. The van der Waals surface area contributed by atoms with E-state index in [1.54, 1.807) is 0 Å². The number of aryl methyl sites for hydroxylation is 1. The zero-order valence-electron chi connectivity index (χ0n) is 8.82. The molecular formula is C11H16N2O. The minimum absolute atomic E-state index is 0.315. The van der Waals surface area contributed by atoms with Gasteiger partial charge in [-0.1, -0.05) is 24.3 Å². The first-order chi connectivity index (χ1) is 6.54. The van der Waals surface area contributed by atoms with E-state index in [4.69, 9.17) is 5.73 Å². The highest BCUT2D eigenvalue weighted by atomic mass is 16.1. The first-order valence-corrected chi connectivity index (χ1v) is 4.55. The molecule has 0 spiro atoms. The Labute approximate surface area is 84.5 Å². The molecule has 1 rings (SSSR count). The molecule has 0 saturated carbocycles. The Balaban J connectivity index is 3.12. The zero-order valence-corrected chi connectivity index (χ0v) is 8.82. The zero-order chi connectivity index (χ0) is 10.7. The minimum atomic E-state index is -0.337. The van der Waals surface area contributed by atoms with Gasteiger partial charge in [-0.25, -0.2) is 0 Å². The number of primary amides is 1. The van der Waals surface area contributed by atoms with Crippen molar-refractivity contribution in [1.82, 2.24) is 4.90 Å². The van der Waals surface area contributed by atoms with Gasteiger partial charge >= 0.3 is 0 Å². The van der Waals surface area contributed by atoms with Crippen LogP contribution in [0.15, 0.2) is 24.3 Å². The van der Waals surface area contributed by atoms with E-state index in [2.05, 4.69) is 0 Å². The third-order valence-corrected chi connectivity index (χ3v) is 2.27. The number of carbonyl (C=O) groups excluding carboxylic acids is 1. The van der Waals surface area contributed by atoms with Crippen LogP contribution < -0.4 is 5.73 Å². The average molecular weight is 192 g/mol.